The van der Waals surface area contributed by atoms with Crippen molar-refractivity contribution in [3.8, 4) is 6.07 Å². The molecular weight excluding hydrogens is 478 g/mol. The van der Waals surface area contributed by atoms with Crippen LogP contribution in [0.15, 0.2) is 84.9 Å². The van der Waals surface area contributed by atoms with Crippen LogP contribution in [0.25, 0.3) is 0 Å². The lowest BCUT2D eigenvalue weighted by atomic mass is 9.89. The molecule has 0 saturated carbocycles. The summed E-state index contributed by atoms with van der Waals surface area (Å²) in [7, 11) is 0. The first-order valence-corrected chi connectivity index (χ1v) is 12.6. The average Bonchev–Trinajstić information content (AvgIpc) is 2.93. The number of hydrogen-bond donors (Lipinski definition) is 3. The molecule has 0 bridgehead atoms. The summed E-state index contributed by atoms with van der Waals surface area (Å²) in [6.45, 7) is 0.454. The number of carbonyl (C=O) groups excluding carboxylic acids is 3. The fourth-order valence-electron chi connectivity index (χ4n) is 4.42. The molecular formula is C30H33N5O3. The zero-order valence-electron chi connectivity index (χ0n) is 21.3. The zero-order valence-corrected chi connectivity index (χ0v) is 21.3. The highest BCUT2D eigenvalue weighted by molar-refractivity contribution is 5.92. The van der Waals surface area contributed by atoms with Gasteiger partial charge >= 0.3 is 6.03 Å². The lowest BCUT2D eigenvalue weighted by Crippen LogP contribution is -2.49. The Kier molecular flexibility index (Phi) is 10.4. The number of nitrogens with one attached hydrogen (secondary N) is 1. The minimum atomic E-state index is -0.840. The van der Waals surface area contributed by atoms with Crippen molar-refractivity contribution in [2.45, 2.75) is 50.7 Å². The summed E-state index contributed by atoms with van der Waals surface area (Å²) >= 11 is 0. The van der Waals surface area contributed by atoms with Crippen molar-refractivity contribution in [1.82, 2.24) is 10.2 Å². The van der Waals surface area contributed by atoms with Crippen molar-refractivity contribution in [1.29, 1.82) is 5.26 Å². The fourth-order valence-corrected chi connectivity index (χ4v) is 4.42. The second kappa shape index (κ2) is 14.2. The van der Waals surface area contributed by atoms with E-state index in [9.17, 15) is 14.4 Å². The number of unbranched alkanes of at least 4 members (excludes halogenated alkanes) is 2. The highest BCUT2D eigenvalue weighted by atomic mass is 16.2. The van der Waals surface area contributed by atoms with Crippen molar-refractivity contribution < 1.29 is 14.4 Å². The molecule has 0 spiro atoms. The van der Waals surface area contributed by atoms with Gasteiger partial charge in [0.15, 0.2) is 0 Å². The molecule has 0 saturated heterocycles. The Morgan fingerprint density at radius 3 is 1.87 bits per heavy atom. The molecule has 8 heteroatoms. The molecule has 196 valence electrons. The number of amides is 4. The molecule has 3 aromatic rings. The van der Waals surface area contributed by atoms with Crippen LogP contribution in [0.2, 0.25) is 0 Å². The maximum absolute atomic E-state index is 14.3. The second-order valence-corrected chi connectivity index (χ2v) is 9.08. The number of primary amides is 2. The Labute approximate surface area is 223 Å². The standard InChI is InChI=1S/C30H33N5O3/c31-19-9-3-8-14-26(28(32)36)35(21-23-17-15-22(16-18-23)20-34-30(33)38)29(37)27(24-10-4-1-5-11-24)25-12-6-2-7-13-25/h1-2,4-7,10-13,15-18,26-27H,3,8-9,14,20-21H2,(H2,32,36)(H3,33,34,38)/t26-/m0/s1. The van der Waals surface area contributed by atoms with Gasteiger partial charge in [0.1, 0.15) is 6.04 Å². The largest absolute Gasteiger partial charge is 0.368 e. The molecule has 38 heavy (non-hydrogen) atoms. The summed E-state index contributed by atoms with van der Waals surface area (Å²) in [4.78, 5) is 39.6. The molecule has 0 radical (unpaired) electrons. The molecule has 8 nitrogen and oxygen atoms in total. The van der Waals surface area contributed by atoms with E-state index in [1.807, 2.05) is 84.9 Å². The van der Waals surface area contributed by atoms with Gasteiger partial charge < -0.3 is 21.7 Å². The van der Waals surface area contributed by atoms with Gasteiger partial charge in [-0.15, -0.1) is 0 Å². The van der Waals surface area contributed by atoms with E-state index >= 15 is 0 Å². The number of nitrogens with two attached hydrogens (primary N) is 2. The van der Waals surface area contributed by atoms with E-state index in [0.717, 1.165) is 22.3 Å². The molecule has 3 rings (SSSR count). The Bertz CT molecular complexity index is 1200. The summed E-state index contributed by atoms with van der Waals surface area (Å²) in [5.41, 5.74) is 14.3. The first-order valence-electron chi connectivity index (χ1n) is 12.6. The highest BCUT2D eigenvalue weighted by Crippen LogP contribution is 2.29. The molecule has 0 unspecified atom stereocenters. The first-order chi connectivity index (χ1) is 18.4. The zero-order chi connectivity index (χ0) is 27.3. The molecule has 0 fully saturated rings. The van der Waals surface area contributed by atoms with E-state index < -0.39 is 23.9 Å². The Balaban J connectivity index is 1.98. The quantitative estimate of drug-likeness (QED) is 0.299. The Morgan fingerprint density at radius 2 is 1.37 bits per heavy atom. The van der Waals surface area contributed by atoms with Crippen molar-refractivity contribution in [2.24, 2.45) is 11.5 Å². The minimum Gasteiger partial charge on any atom is -0.368 e. The van der Waals surface area contributed by atoms with E-state index in [2.05, 4.69) is 11.4 Å². The van der Waals surface area contributed by atoms with Crippen LogP contribution in [0, 0.1) is 11.3 Å². The van der Waals surface area contributed by atoms with Crippen LogP contribution in [0.3, 0.4) is 0 Å². The molecule has 0 aliphatic rings. The van der Waals surface area contributed by atoms with Gasteiger partial charge in [0.25, 0.3) is 0 Å². The fraction of sp³-hybridized carbons (Fsp3) is 0.267. The Morgan fingerprint density at radius 1 is 0.816 bits per heavy atom. The molecule has 1 atom stereocenters. The third kappa shape index (κ3) is 7.93. The smallest absolute Gasteiger partial charge is 0.312 e. The van der Waals surface area contributed by atoms with Gasteiger partial charge in [-0.25, -0.2) is 4.79 Å². The van der Waals surface area contributed by atoms with Crippen LogP contribution < -0.4 is 16.8 Å². The summed E-state index contributed by atoms with van der Waals surface area (Å²) in [5, 5.41) is 11.5. The monoisotopic (exact) mass is 511 g/mol. The topological polar surface area (TPSA) is 142 Å². The normalized spacial score (nSPS) is 11.4. The number of nitriles is 1. The minimum absolute atomic E-state index is 0.171. The van der Waals surface area contributed by atoms with Gasteiger partial charge in [-0.1, -0.05) is 84.9 Å². The second-order valence-electron chi connectivity index (χ2n) is 9.08. The predicted octanol–water partition coefficient (Wildman–Crippen LogP) is 3.95. The number of hydrogen-bond acceptors (Lipinski definition) is 4. The van der Waals surface area contributed by atoms with Crippen LogP contribution in [0.5, 0.6) is 0 Å². The van der Waals surface area contributed by atoms with Crippen LogP contribution in [0.4, 0.5) is 4.79 Å². The van der Waals surface area contributed by atoms with Gasteiger partial charge in [0.05, 0.1) is 12.0 Å². The van der Waals surface area contributed by atoms with Crippen molar-refractivity contribution in [3.05, 3.63) is 107 Å². The lowest BCUT2D eigenvalue weighted by molar-refractivity contribution is -0.141. The highest BCUT2D eigenvalue weighted by Gasteiger charge is 2.34. The van der Waals surface area contributed by atoms with E-state index in [1.54, 1.807) is 4.90 Å². The molecule has 0 aromatic heterocycles. The number of benzene rings is 3. The van der Waals surface area contributed by atoms with Crippen LogP contribution in [-0.2, 0) is 22.7 Å². The maximum Gasteiger partial charge on any atom is 0.312 e. The third-order valence-corrected chi connectivity index (χ3v) is 6.36. The van der Waals surface area contributed by atoms with Crippen molar-refractivity contribution in [2.75, 3.05) is 0 Å². The van der Waals surface area contributed by atoms with Crippen molar-refractivity contribution >= 4 is 17.8 Å². The van der Waals surface area contributed by atoms with Crippen LogP contribution >= 0.6 is 0 Å². The van der Waals surface area contributed by atoms with E-state index in [-0.39, 0.29) is 19.0 Å². The molecule has 0 heterocycles. The number of urea groups is 1. The predicted molar refractivity (Wildman–Crippen MR) is 145 cm³/mol. The van der Waals surface area contributed by atoms with E-state index in [4.69, 9.17) is 16.7 Å². The summed E-state index contributed by atoms with van der Waals surface area (Å²) < 4.78 is 0. The summed E-state index contributed by atoms with van der Waals surface area (Å²) in [6.07, 6.45) is 1.94. The summed E-state index contributed by atoms with van der Waals surface area (Å²) in [5.74, 6) is -1.44. The Hall–Kier alpha value is -4.64. The van der Waals surface area contributed by atoms with Crippen LogP contribution in [0.1, 0.15) is 53.9 Å². The summed E-state index contributed by atoms with van der Waals surface area (Å²) in [6, 6.07) is 27.0. The molecule has 0 aliphatic heterocycles. The third-order valence-electron chi connectivity index (χ3n) is 6.36. The van der Waals surface area contributed by atoms with Gasteiger partial charge in [0.2, 0.25) is 11.8 Å². The number of rotatable bonds is 13. The van der Waals surface area contributed by atoms with Crippen molar-refractivity contribution in [3.63, 3.8) is 0 Å². The van der Waals surface area contributed by atoms with E-state index in [1.165, 1.54) is 0 Å². The SMILES string of the molecule is N#CCCCC[C@@H](C(N)=O)N(Cc1ccc(CNC(N)=O)cc1)C(=O)C(c1ccccc1)c1ccccc1. The first kappa shape index (κ1) is 27.9. The van der Waals surface area contributed by atoms with Gasteiger partial charge in [-0.2, -0.15) is 5.26 Å². The van der Waals surface area contributed by atoms with Gasteiger partial charge in [-0.05, 0) is 41.5 Å². The average molecular weight is 512 g/mol. The molecule has 3 aromatic carbocycles. The van der Waals surface area contributed by atoms with Crippen LogP contribution in [-0.4, -0.2) is 28.8 Å². The molecule has 0 aliphatic carbocycles. The lowest BCUT2D eigenvalue weighted by Gasteiger charge is -2.33. The van der Waals surface area contributed by atoms with Gasteiger partial charge in [0, 0.05) is 19.5 Å². The molecule has 5 N–H and O–H groups in total. The van der Waals surface area contributed by atoms with Gasteiger partial charge in [-0.3, -0.25) is 9.59 Å². The number of carbonyl (C=O) groups is 3. The van der Waals surface area contributed by atoms with E-state index in [0.29, 0.717) is 25.7 Å². The molecule has 4 amide bonds. The number of nitrogens with zero attached hydrogens (tertiary/aromatic N) is 2. The maximum atomic E-state index is 14.3.